The third-order valence-corrected chi connectivity index (χ3v) is 4.79. The smallest absolute Gasteiger partial charge is 0.248 e. The molecule has 7 heteroatoms. The van der Waals surface area contributed by atoms with Crippen molar-refractivity contribution in [1.29, 1.82) is 0 Å². The third kappa shape index (κ3) is 3.31. The van der Waals surface area contributed by atoms with Gasteiger partial charge in [0.05, 0.1) is 17.4 Å². The van der Waals surface area contributed by atoms with Crippen molar-refractivity contribution in [1.82, 2.24) is 0 Å². The van der Waals surface area contributed by atoms with Crippen LogP contribution in [0.1, 0.15) is 16.8 Å². The van der Waals surface area contributed by atoms with Crippen LogP contribution in [0.25, 0.3) is 0 Å². The molecule has 1 atom stereocenters. The van der Waals surface area contributed by atoms with Crippen LogP contribution < -0.4 is 11.1 Å². The van der Waals surface area contributed by atoms with Gasteiger partial charge in [-0.05, 0) is 24.6 Å². The number of rotatable bonds is 3. The van der Waals surface area contributed by atoms with Crippen molar-refractivity contribution in [2.75, 3.05) is 16.8 Å². The summed E-state index contributed by atoms with van der Waals surface area (Å²) < 4.78 is 22.6. The van der Waals surface area contributed by atoms with Crippen molar-refractivity contribution in [3.63, 3.8) is 0 Å². The van der Waals surface area contributed by atoms with E-state index in [4.69, 9.17) is 5.73 Å². The Morgan fingerprint density at radius 2 is 2.05 bits per heavy atom. The molecule has 0 aliphatic carbocycles. The van der Waals surface area contributed by atoms with Gasteiger partial charge in [0, 0.05) is 11.3 Å². The number of benzene rings is 1. The Morgan fingerprint density at radius 3 is 2.63 bits per heavy atom. The lowest BCUT2D eigenvalue weighted by molar-refractivity contribution is -0.119. The molecule has 1 aromatic rings. The topological polar surface area (TPSA) is 106 Å². The molecule has 1 heterocycles. The summed E-state index contributed by atoms with van der Waals surface area (Å²) in [6.07, 6.45) is 0.337. The standard InChI is InChI=1S/C12H14N2O4S/c13-11(15)8-2-1-3-10(6-8)14-12(16)9-4-5-19(17,18)7-9/h1-3,6,9H,4-5,7H2,(H2,13,15)(H,14,16). The number of nitrogens with two attached hydrogens (primary N) is 1. The maximum absolute atomic E-state index is 11.9. The summed E-state index contributed by atoms with van der Waals surface area (Å²) in [7, 11) is -3.09. The van der Waals surface area contributed by atoms with Crippen molar-refractivity contribution in [3.8, 4) is 0 Å². The fourth-order valence-corrected chi connectivity index (χ4v) is 3.74. The van der Waals surface area contributed by atoms with Crippen LogP contribution in [0.2, 0.25) is 0 Å². The van der Waals surface area contributed by atoms with Crippen LogP contribution in [-0.4, -0.2) is 31.7 Å². The van der Waals surface area contributed by atoms with Crippen molar-refractivity contribution in [2.45, 2.75) is 6.42 Å². The summed E-state index contributed by atoms with van der Waals surface area (Å²) in [6, 6.07) is 6.22. The highest BCUT2D eigenvalue weighted by Crippen LogP contribution is 2.20. The zero-order valence-electron chi connectivity index (χ0n) is 10.1. The van der Waals surface area contributed by atoms with Crippen molar-refractivity contribution < 1.29 is 18.0 Å². The second-order valence-corrected chi connectivity index (χ2v) is 6.76. The molecular formula is C12H14N2O4S. The van der Waals surface area contributed by atoms with Gasteiger partial charge in [-0.25, -0.2) is 8.42 Å². The number of carbonyl (C=O) groups excluding carboxylic acids is 2. The molecule has 1 aliphatic heterocycles. The van der Waals surface area contributed by atoms with Crippen LogP contribution in [0.3, 0.4) is 0 Å². The number of anilines is 1. The average molecular weight is 282 g/mol. The zero-order chi connectivity index (χ0) is 14.0. The van der Waals surface area contributed by atoms with E-state index in [0.717, 1.165) is 0 Å². The summed E-state index contributed by atoms with van der Waals surface area (Å²) >= 11 is 0. The minimum Gasteiger partial charge on any atom is -0.366 e. The van der Waals surface area contributed by atoms with E-state index < -0.39 is 21.7 Å². The Hall–Kier alpha value is -1.89. The first-order valence-electron chi connectivity index (χ1n) is 5.78. The Balaban J connectivity index is 2.07. The molecule has 0 radical (unpaired) electrons. The largest absolute Gasteiger partial charge is 0.366 e. The minimum atomic E-state index is -3.09. The molecule has 1 aromatic carbocycles. The van der Waals surface area contributed by atoms with E-state index in [2.05, 4.69) is 5.32 Å². The monoisotopic (exact) mass is 282 g/mol. The molecule has 1 saturated heterocycles. The van der Waals surface area contributed by atoms with E-state index in [9.17, 15) is 18.0 Å². The normalized spacial score (nSPS) is 20.9. The van der Waals surface area contributed by atoms with E-state index in [1.165, 1.54) is 12.1 Å². The third-order valence-electron chi connectivity index (χ3n) is 3.02. The predicted molar refractivity (Wildman–Crippen MR) is 70.4 cm³/mol. The molecule has 1 unspecified atom stereocenters. The van der Waals surface area contributed by atoms with Gasteiger partial charge in [0.15, 0.2) is 9.84 Å². The number of carbonyl (C=O) groups is 2. The van der Waals surface area contributed by atoms with Gasteiger partial charge in [0.1, 0.15) is 0 Å². The number of nitrogens with one attached hydrogen (secondary N) is 1. The number of primary amides is 1. The molecule has 6 nitrogen and oxygen atoms in total. The summed E-state index contributed by atoms with van der Waals surface area (Å²) in [5.41, 5.74) is 5.86. The summed E-state index contributed by atoms with van der Waals surface area (Å²) in [6.45, 7) is 0. The van der Waals surface area contributed by atoms with E-state index in [0.29, 0.717) is 12.1 Å². The van der Waals surface area contributed by atoms with Crippen molar-refractivity contribution in [3.05, 3.63) is 29.8 Å². The molecule has 19 heavy (non-hydrogen) atoms. The maximum atomic E-state index is 11.9. The number of sulfone groups is 1. The van der Waals surface area contributed by atoms with Gasteiger partial charge in [-0.1, -0.05) is 6.07 Å². The first-order valence-corrected chi connectivity index (χ1v) is 7.61. The number of amides is 2. The molecule has 3 N–H and O–H groups in total. The molecule has 2 rings (SSSR count). The molecule has 0 bridgehead atoms. The number of hydrogen-bond acceptors (Lipinski definition) is 4. The van der Waals surface area contributed by atoms with Gasteiger partial charge in [0.25, 0.3) is 0 Å². The van der Waals surface area contributed by atoms with Crippen LogP contribution in [0.15, 0.2) is 24.3 Å². The Morgan fingerprint density at radius 1 is 1.32 bits per heavy atom. The van der Waals surface area contributed by atoms with Gasteiger partial charge in [-0.15, -0.1) is 0 Å². The lowest BCUT2D eigenvalue weighted by Crippen LogP contribution is -2.24. The van der Waals surface area contributed by atoms with Gasteiger partial charge < -0.3 is 11.1 Å². The molecule has 1 fully saturated rings. The van der Waals surface area contributed by atoms with Crippen LogP contribution in [0.4, 0.5) is 5.69 Å². The fourth-order valence-electron chi connectivity index (χ4n) is 2.00. The van der Waals surface area contributed by atoms with Crippen LogP contribution >= 0.6 is 0 Å². The maximum Gasteiger partial charge on any atom is 0.248 e. The van der Waals surface area contributed by atoms with E-state index in [-0.39, 0.29) is 23.0 Å². The summed E-state index contributed by atoms with van der Waals surface area (Å²) in [4.78, 5) is 22.9. The van der Waals surface area contributed by atoms with E-state index in [1.54, 1.807) is 12.1 Å². The zero-order valence-corrected chi connectivity index (χ0v) is 10.9. The van der Waals surface area contributed by atoms with E-state index >= 15 is 0 Å². The SMILES string of the molecule is NC(=O)c1cccc(NC(=O)C2CCS(=O)(=O)C2)c1. The summed E-state index contributed by atoms with van der Waals surface area (Å²) in [5.74, 6) is -1.52. The van der Waals surface area contributed by atoms with Gasteiger partial charge >= 0.3 is 0 Å². The molecule has 0 saturated carbocycles. The van der Waals surface area contributed by atoms with Crippen molar-refractivity contribution >= 4 is 27.3 Å². The first kappa shape index (κ1) is 13.5. The highest BCUT2D eigenvalue weighted by atomic mass is 32.2. The molecule has 2 amide bonds. The lowest BCUT2D eigenvalue weighted by Gasteiger charge is -2.09. The fraction of sp³-hybridized carbons (Fsp3) is 0.333. The van der Waals surface area contributed by atoms with Crippen LogP contribution in [0, 0.1) is 5.92 Å². The Bertz CT molecular complexity index is 624. The molecule has 0 aromatic heterocycles. The van der Waals surface area contributed by atoms with Gasteiger partial charge in [-0.3, -0.25) is 9.59 Å². The highest BCUT2D eigenvalue weighted by Gasteiger charge is 2.32. The Labute approximate surface area is 110 Å². The van der Waals surface area contributed by atoms with Gasteiger partial charge in [-0.2, -0.15) is 0 Å². The Kier molecular flexibility index (Phi) is 3.57. The highest BCUT2D eigenvalue weighted by molar-refractivity contribution is 7.91. The molecular weight excluding hydrogens is 268 g/mol. The lowest BCUT2D eigenvalue weighted by atomic mass is 10.1. The molecule has 0 spiro atoms. The first-order chi connectivity index (χ1) is 8.87. The second kappa shape index (κ2) is 5.00. The van der Waals surface area contributed by atoms with Gasteiger partial charge in [0.2, 0.25) is 11.8 Å². The summed E-state index contributed by atoms with van der Waals surface area (Å²) in [5, 5.41) is 2.61. The second-order valence-electron chi connectivity index (χ2n) is 4.53. The van der Waals surface area contributed by atoms with Crippen molar-refractivity contribution in [2.24, 2.45) is 11.7 Å². The quantitative estimate of drug-likeness (QED) is 0.823. The van der Waals surface area contributed by atoms with Crippen LogP contribution in [0.5, 0.6) is 0 Å². The molecule has 1 aliphatic rings. The van der Waals surface area contributed by atoms with E-state index in [1.807, 2.05) is 0 Å². The van der Waals surface area contributed by atoms with Crippen LogP contribution in [-0.2, 0) is 14.6 Å². The average Bonchev–Trinajstić information content (AvgIpc) is 2.70. The minimum absolute atomic E-state index is 0.0480. The number of hydrogen-bond donors (Lipinski definition) is 2. The molecule has 102 valence electrons. The predicted octanol–water partition coefficient (Wildman–Crippen LogP) is 0.159.